The van der Waals surface area contributed by atoms with Gasteiger partial charge in [0, 0.05) is 11.8 Å². The zero-order valence-electron chi connectivity index (χ0n) is 6.90. The van der Waals surface area contributed by atoms with Crippen molar-refractivity contribution in [3.05, 3.63) is 12.2 Å². The van der Waals surface area contributed by atoms with Crippen LogP contribution in [0.3, 0.4) is 0 Å². The first-order chi connectivity index (χ1) is 5.88. The van der Waals surface area contributed by atoms with E-state index >= 15 is 0 Å². The Hall–Kier alpha value is -0.340. The van der Waals surface area contributed by atoms with Gasteiger partial charge in [0.05, 0.1) is 25.4 Å². The van der Waals surface area contributed by atoms with Gasteiger partial charge in [-0.2, -0.15) is 0 Å². The van der Waals surface area contributed by atoms with E-state index in [0.717, 1.165) is 25.0 Å². The fourth-order valence-corrected chi connectivity index (χ4v) is 3.92. The number of hydrogen-bond acceptors (Lipinski definition) is 2. The maximum absolute atomic E-state index is 5.75. The zero-order chi connectivity index (χ0) is 7.87. The van der Waals surface area contributed by atoms with Crippen LogP contribution in [-0.4, -0.2) is 25.4 Å². The Bertz CT molecular complexity index is 227. The molecule has 12 heavy (non-hydrogen) atoms. The lowest BCUT2D eigenvalue weighted by Crippen LogP contribution is -2.30. The molecule has 2 heteroatoms. The average Bonchev–Trinajstić information content (AvgIpc) is 2.62. The first kappa shape index (κ1) is 6.17. The quantitative estimate of drug-likeness (QED) is 0.494. The fourth-order valence-electron chi connectivity index (χ4n) is 3.92. The number of fused-ring (bicyclic) bond motifs is 2. The molecule has 2 bridgehead atoms. The molecule has 0 radical (unpaired) electrons. The third-order valence-corrected chi connectivity index (χ3v) is 4.32. The van der Waals surface area contributed by atoms with Crippen molar-refractivity contribution in [2.75, 3.05) is 13.2 Å². The van der Waals surface area contributed by atoms with Crippen LogP contribution in [0.4, 0.5) is 0 Å². The topological polar surface area (TPSA) is 18.5 Å². The Morgan fingerprint density at radius 2 is 1.50 bits per heavy atom. The van der Waals surface area contributed by atoms with Crippen LogP contribution in [0, 0.1) is 23.7 Å². The maximum atomic E-state index is 5.75. The highest BCUT2D eigenvalue weighted by molar-refractivity contribution is 5.32. The second-order valence-corrected chi connectivity index (χ2v) is 4.55. The van der Waals surface area contributed by atoms with E-state index in [9.17, 15) is 0 Å². The van der Waals surface area contributed by atoms with E-state index in [1.165, 1.54) is 5.57 Å². The highest BCUT2D eigenvalue weighted by Gasteiger charge is 2.67. The molecule has 2 saturated carbocycles. The molecule has 0 aromatic carbocycles. The molecule has 6 atom stereocenters. The van der Waals surface area contributed by atoms with E-state index in [4.69, 9.17) is 9.47 Å². The second kappa shape index (κ2) is 1.64. The lowest BCUT2D eigenvalue weighted by atomic mass is 9.82. The SMILES string of the molecule is C=C1C2C3COC2C2OCC3C12. The summed E-state index contributed by atoms with van der Waals surface area (Å²) in [5.74, 6) is 2.83. The summed E-state index contributed by atoms with van der Waals surface area (Å²) >= 11 is 0. The van der Waals surface area contributed by atoms with Crippen molar-refractivity contribution in [1.29, 1.82) is 0 Å². The van der Waals surface area contributed by atoms with E-state index in [1.807, 2.05) is 0 Å². The summed E-state index contributed by atoms with van der Waals surface area (Å²) in [5, 5.41) is 0. The molecular formula is C10H12O2. The largest absolute Gasteiger partial charge is 0.375 e. The van der Waals surface area contributed by atoms with Gasteiger partial charge in [-0.1, -0.05) is 12.2 Å². The van der Waals surface area contributed by atoms with Crippen LogP contribution in [0.5, 0.6) is 0 Å². The predicted octanol–water partition coefficient (Wildman–Crippen LogP) is 0.832. The monoisotopic (exact) mass is 164 g/mol. The van der Waals surface area contributed by atoms with Crippen molar-refractivity contribution in [3.8, 4) is 0 Å². The summed E-state index contributed by atoms with van der Waals surface area (Å²) in [7, 11) is 0. The molecule has 6 unspecified atom stereocenters. The zero-order valence-corrected chi connectivity index (χ0v) is 6.90. The molecule has 4 aliphatic rings. The molecule has 2 nitrogen and oxygen atoms in total. The van der Waals surface area contributed by atoms with Gasteiger partial charge in [-0.05, 0) is 11.8 Å². The van der Waals surface area contributed by atoms with Crippen LogP contribution in [0.1, 0.15) is 0 Å². The predicted molar refractivity (Wildman–Crippen MR) is 42.6 cm³/mol. The standard InChI is InChI=1S/C10H12O2/c1-4-7-5-2-11-9(7)10-8(4)6(5)3-12-10/h5-10H,1-3H2. The molecule has 64 valence electrons. The Morgan fingerprint density at radius 3 is 2.00 bits per heavy atom. The van der Waals surface area contributed by atoms with Gasteiger partial charge in [0.25, 0.3) is 0 Å². The molecule has 4 rings (SSSR count). The summed E-state index contributed by atoms with van der Waals surface area (Å²) in [5.41, 5.74) is 1.44. The van der Waals surface area contributed by atoms with Gasteiger partial charge in [-0.25, -0.2) is 0 Å². The van der Waals surface area contributed by atoms with Gasteiger partial charge >= 0.3 is 0 Å². The number of hydrogen-bond donors (Lipinski definition) is 0. The minimum absolute atomic E-state index is 0.381. The second-order valence-electron chi connectivity index (χ2n) is 4.55. The fraction of sp³-hybridized carbons (Fsp3) is 0.800. The van der Waals surface area contributed by atoms with Gasteiger partial charge in [-0.3, -0.25) is 0 Å². The highest BCUT2D eigenvalue weighted by Crippen LogP contribution is 2.63. The highest BCUT2D eigenvalue weighted by atomic mass is 16.6. The lowest BCUT2D eigenvalue weighted by molar-refractivity contribution is -0.0226. The summed E-state index contributed by atoms with van der Waals surface area (Å²) in [6.07, 6.45) is 0.762. The van der Waals surface area contributed by atoms with E-state index in [2.05, 4.69) is 6.58 Å². The van der Waals surface area contributed by atoms with Crippen molar-refractivity contribution >= 4 is 0 Å². The molecule has 2 aliphatic carbocycles. The van der Waals surface area contributed by atoms with E-state index < -0.39 is 0 Å². The Balaban J connectivity index is 1.96. The third-order valence-electron chi connectivity index (χ3n) is 4.32. The van der Waals surface area contributed by atoms with Crippen molar-refractivity contribution in [2.24, 2.45) is 23.7 Å². The van der Waals surface area contributed by atoms with Gasteiger partial charge < -0.3 is 9.47 Å². The molecule has 2 aliphatic heterocycles. The van der Waals surface area contributed by atoms with E-state index in [-0.39, 0.29) is 0 Å². The molecule has 0 aromatic heterocycles. The number of rotatable bonds is 0. The minimum atomic E-state index is 0.381. The van der Waals surface area contributed by atoms with Crippen LogP contribution in [-0.2, 0) is 9.47 Å². The summed E-state index contributed by atoms with van der Waals surface area (Å²) in [6.45, 7) is 6.14. The van der Waals surface area contributed by atoms with Crippen molar-refractivity contribution in [1.82, 2.24) is 0 Å². The van der Waals surface area contributed by atoms with Crippen LogP contribution in [0.25, 0.3) is 0 Å². The van der Waals surface area contributed by atoms with Gasteiger partial charge in [0.15, 0.2) is 0 Å². The van der Waals surface area contributed by atoms with Crippen molar-refractivity contribution in [3.63, 3.8) is 0 Å². The molecule has 0 spiro atoms. The molecule has 0 amide bonds. The first-order valence-corrected chi connectivity index (χ1v) is 4.80. The van der Waals surface area contributed by atoms with Crippen LogP contribution in [0.15, 0.2) is 12.2 Å². The molecule has 2 heterocycles. The first-order valence-electron chi connectivity index (χ1n) is 4.80. The normalized spacial score (nSPS) is 65.2. The van der Waals surface area contributed by atoms with Crippen molar-refractivity contribution in [2.45, 2.75) is 12.2 Å². The van der Waals surface area contributed by atoms with E-state index in [1.54, 1.807) is 0 Å². The Labute approximate surface area is 71.5 Å². The van der Waals surface area contributed by atoms with Crippen LogP contribution >= 0.6 is 0 Å². The molecule has 0 N–H and O–H groups in total. The lowest BCUT2D eigenvalue weighted by Gasteiger charge is -2.20. The van der Waals surface area contributed by atoms with Crippen LogP contribution in [0.2, 0.25) is 0 Å². The van der Waals surface area contributed by atoms with Crippen LogP contribution < -0.4 is 0 Å². The maximum Gasteiger partial charge on any atom is 0.0911 e. The molecule has 2 saturated heterocycles. The molecule has 0 aromatic rings. The molecule has 4 fully saturated rings. The summed E-state index contributed by atoms with van der Waals surface area (Å²) in [6, 6.07) is 0. The third kappa shape index (κ3) is 0.417. The number of ether oxygens (including phenoxy) is 2. The van der Waals surface area contributed by atoms with Crippen molar-refractivity contribution < 1.29 is 9.47 Å². The summed E-state index contributed by atoms with van der Waals surface area (Å²) < 4.78 is 11.5. The average molecular weight is 164 g/mol. The van der Waals surface area contributed by atoms with Gasteiger partial charge in [0.1, 0.15) is 0 Å². The van der Waals surface area contributed by atoms with Gasteiger partial charge in [0.2, 0.25) is 0 Å². The Kier molecular flexibility index (Phi) is 0.840. The molecular weight excluding hydrogens is 152 g/mol. The smallest absolute Gasteiger partial charge is 0.0911 e. The summed E-state index contributed by atoms with van der Waals surface area (Å²) in [4.78, 5) is 0. The van der Waals surface area contributed by atoms with Gasteiger partial charge in [-0.15, -0.1) is 0 Å². The Morgan fingerprint density at radius 1 is 1.00 bits per heavy atom. The minimum Gasteiger partial charge on any atom is -0.375 e. The van der Waals surface area contributed by atoms with E-state index in [0.29, 0.717) is 24.0 Å².